The number of benzene rings is 1. The predicted octanol–water partition coefficient (Wildman–Crippen LogP) is 3.06. The number of aliphatic hydroxyl groups excluding tert-OH is 1. The molecule has 100 valence electrons. The Labute approximate surface area is 108 Å². The van der Waals surface area contributed by atoms with Crippen LogP contribution < -0.4 is 4.90 Å². The van der Waals surface area contributed by atoms with Gasteiger partial charge in [-0.05, 0) is 36.3 Å². The van der Waals surface area contributed by atoms with E-state index in [1.807, 2.05) is 12.1 Å². The number of rotatable bonds is 3. The Bertz CT molecular complexity index is 405. The van der Waals surface area contributed by atoms with Gasteiger partial charge in [0.05, 0.1) is 5.69 Å². The Morgan fingerprint density at radius 2 is 2.11 bits per heavy atom. The molecule has 1 aromatic carbocycles. The molecule has 0 saturated carbocycles. The van der Waals surface area contributed by atoms with Crippen LogP contribution in [0.2, 0.25) is 0 Å². The molecular weight excluding hydrogens is 229 g/mol. The lowest BCUT2D eigenvalue weighted by Crippen LogP contribution is -2.46. The molecule has 1 heterocycles. The minimum Gasteiger partial charge on any atom is -0.396 e. The van der Waals surface area contributed by atoms with Gasteiger partial charge in [0.15, 0.2) is 0 Å². The lowest BCUT2D eigenvalue weighted by atomic mass is 9.72. The zero-order valence-electron chi connectivity index (χ0n) is 11.2. The number of hydrogen-bond donors (Lipinski definition) is 1. The van der Waals surface area contributed by atoms with E-state index in [0.29, 0.717) is 11.6 Å². The van der Waals surface area contributed by atoms with Gasteiger partial charge in [-0.15, -0.1) is 0 Å². The molecule has 3 heteroatoms. The van der Waals surface area contributed by atoms with Gasteiger partial charge in [-0.1, -0.05) is 26.0 Å². The summed E-state index contributed by atoms with van der Waals surface area (Å²) in [7, 11) is 0. The van der Waals surface area contributed by atoms with E-state index in [-0.39, 0.29) is 17.8 Å². The van der Waals surface area contributed by atoms with E-state index >= 15 is 0 Å². The number of para-hydroxylation sites is 1. The summed E-state index contributed by atoms with van der Waals surface area (Å²) in [5, 5.41) is 9.10. The Morgan fingerprint density at radius 3 is 2.72 bits per heavy atom. The van der Waals surface area contributed by atoms with Crippen LogP contribution in [0.4, 0.5) is 10.1 Å². The lowest BCUT2D eigenvalue weighted by molar-refractivity contribution is 0.133. The van der Waals surface area contributed by atoms with E-state index in [1.165, 1.54) is 6.07 Å². The minimum atomic E-state index is -0.145. The average Bonchev–Trinajstić information content (AvgIpc) is 2.32. The SMILES string of the molecule is CC1(C)CN(c2ccccc2F)CCC1CCO. The fourth-order valence-electron chi connectivity index (χ4n) is 3.01. The molecule has 0 radical (unpaired) electrons. The Balaban J connectivity index is 2.14. The maximum Gasteiger partial charge on any atom is 0.146 e. The molecule has 2 nitrogen and oxygen atoms in total. The fourth-order valence-corrected chi connectivity index (χ4v) is 3.01. The van der Waals surface area contributed by atoms with Crippen LogP contribution in [-0.2, 0) is 0 Å². The molecule has 1 aromatic rings. The van der Waals surface area contributed by atoms with Crippen LogP contribution in [0.1, 0.15) is 26.7 Å². The maximum atomic E-state index is 13.8. The average molecular weight is 251 g/mol. The van der Waals surface area contributed by atoms with E-state index in [2.05, 4.69) is 18.7 Å². The molecule has 2 rings (SSSR count). The Morgan fingerprint density at radius 1 is 1.39 bits per heavy atom. The fraction of sp³-hybridized carbons (Fsp3) is 0.600. The van der Waals surface area contributed by atoms with Gasteiger partial charge in [0.2, 0.25) is 0 Å². The number of halogens is 1. The molecule has 0 amide bonds. The summed E-state index contributed by atoms with van der Waals surface area (Å²) in [5.41, 5.74) is 0.816. The predicted molar refractivity (Wildman–Crippen MR) is 72.2 cm³/mol. The van der Waals surface area contributed by atoms with E-state index in [9.17, 15) is 4.39 Å². The maximum absolute atomic E-state index is 13.8. The molecule has 1 aliphatic rings. The van der Waals surface area contributed by atoms with Crippen molar-refractivity contribution in [2.75, 3.05) is 24.6 Å². The second-order valence-corrected chi connectivity index (χ2v) is 5.86. The largest absolute Gasteiger partial charge is 0.396 e. The first-order valence-corrected chi connectivity index (χ1v) is 6.65. The molecule has 1 N–H and O–H groups in total. The number of anilines is 1. The van der Waals surface area contributed by atoms with Gasteiger partial charge >= 0.3 is 0 Å². The van der Waals surface area contributed by atoms with Crippen molar-refractivity contribution < 1.29 is 9.50 Å². The first-order valence-electron chi connectivity index (χ1n) is 6.65. The number of nitrogens with zero attached hydrogens (tertiary/aromatic N) is 1. The Hall–Kier alpha value is -1.09. The first-order chi connectivity index (χ1) is 8.54. The Kier molecular flexibility index (Phi) is 3.91. The third-order valence-electron chi connectivity index (χ3n) is 4.12. The molecule has 0 aromatic heterocycles. The zero-order chi connectivity index (χ0) is 13.2. The van der Waals surface area contributed by atoms with Gasteiger partial charge in [-0.2, -0.15) is 0 Å². The van der Waals surface area contributed by atoms with Crippen molar-refractivity contribution in [2.45, 2.75) is 26.7 Å². The number of aliphatic hydroxyl groups is 1. The van der Waals surface area contributed by atoms with Crippen LogP contribution in [0.5, 0.6) is 0 Å². The van der Waals surface area contributed by atoms with E-state index in [4.69, 9.17) is 5.11 Å². The number of piperidine rings is 1. The smallest absolute Gasteiger partial charge is 0.146 e. The third kappa shape index (κ3) is 2.66. The van der Waals surface area contributed by atoms with Crippen molar-refractivity contribution in [1.29, 1.82) is 0 Å². The highest BCUT2D eigenvalue weighted by Gasteiger charge is 2.35. The molecule has 1 atom stereocenters. The van der Waals surface area contributed by atoms with Gasteiger partial charge in [-0.25, -0.2) is 4.39 Å². The quantitative estimate of drug-likeness (QED) is 0.892. The first kappa shape index (κ1) is 13.3. The standard InChI is InChI=1S/C15H22FNO/c1-15(2)11-17(9-7-12(15)8-10-18)14-6-4-3-5-13(14)16/h3-6,12,18H,7-11H2,1-2H3. The minimum absolute atomic E-state index is 0.114. The van der Waals surface area contributed by atoms with E-state index in [0.717, 1.165) is 25.9 Å². The van der Waals surface area contributed by atoms with Gasteiger partial charge in [0.1, 0.15) is 5.82 Å². The molecule has 1 unspecified atom stereocenters. The molecule has 1 saturated heterocycles. The third-order valence-corrected chi connectivity index (χ3v) is 4.12. The summed E-state index contributed by atoms with van der Waals surface area (Å²) in [6, 6.07) is 6.97. The van der Waals surface area contributed by atoms with E-state index in [1.54, 1.807) is 6.07 Å². The van der Waals surface area contributed by atoms with Crippen molar-refractivity contribution in [3.05, 3.63) is 30.1 Å². The topological polar surface area (TPSA) is 23.5 Å². The van der Waals surface area contributed by atoms with Crippen LogP contribution in [0, 0.1) is 17.2 Å². The van der Waals surface area contributed by atoms with Crippen LogP contribution in [0.15, 0.2) is 24.3 Å². The second kappa shape index (κ2) is 5.27. The molecule has 18 heavy (non-hydrogen) atoms. The molecule has 1 fully saturated rings. The van der Waals surface area contributed by atoms with Crippen LogP contribution in [0.3, 0.4) is 0 Å². The van der Waals surface area contributed by atoms with Crippen LogP contribution in [0.25, 0.3) is 0 Å². The normalized spacial score (nSPS) is 23.1. The summed E-state index contributed by atoms with van der Waals surface area (Å²) in [5.74, 6) is 0.374. The molecule has 0 spiro atoms. The van der Waals surface area contributed by atoms with Crippen LogP contribution in [-0.4, -0.2) is 24.8 Å². The van der Waals surface area contributed by atoms with Gasteiger partial charge in [0, 0.05) is 19.7 Å². The van der Waals surface area contributed by atoms with Crippen molar-refractivity contribution in [2.24, 2.45) is 11.3 Å². The van der Waals surface area contributed by atoms with Gasteiger partial charge in [-0.3, -0.25) is 0 Å². The van der Waals surface area contributed by atoms with Gasteiger partial charge < -0.3 is 10.0 Å². The summed E-state index contributed by atoms with van der Waals surface area (Å²) < 4.78 is 13.8. The molecule has 1 aliphatic heterocycles. The number of hydrogen-bond acceptors (Lipinski definition) is 2. The second-order valence-electron chi connectivity index (χ2n) is 5.86. The van der Waals surface area contributed by atoms with Crippen molar-refractivity contribution in [3.8, 4) is 0 Å². The van der Waals surface area contributed by atoms with Crippen molar-refractivity contribution >= 4 is 5.69 Å². The van der Waals surface area contributed by atoms with Crippen molar-refractivity contribution in [3.63, 3.8) is 0 Å². The highest BCUT2D eigenvalue weighted by Crippen LogP contribution is 2.38. The summed E-state index contributed by atoms with van der Waals surface area (Å²) in [6.07, 6.45) is 1.86. The van der Waals surface area contributed by atoms with Crippen molar-refractivity contribution in [1.82, 2.24) is 0 Å². The molecule has 0 aliphatic carbocycles. The van der Waals surface area contributed by atoms with E-state index < -0.39 is 0 Å². The monoisotopic (exact) mass is 251 g/mol. The highest BCUT2D eigenvalue weighted by atomic mass is 19.1. The summed E-state index contributed by atoms with van der Waals surface area (Å²) in [4.78, 5) is 2.13. The summed E-state index contributed by atoms with van der Waals surface area (Å²) in [6.45, 7) is 6.38. The zero-order valence-corrected chi connectivity index (χ0v) is 11.2. The summed E-state index contributed by atoms with van der Waals surface area (Å²) >= 11 is 0. The lowest BCUT2D eigenvalue weighted by Gasteiger charge is -2.45. The molecular formula is C15H22FNO. The van der Waals surface area contributed by atoms with Crippen LogP contribution >= 0.6 is 0 Å². The highest BCUT2D eigenvalue weighted by molar-refractivity contribution is 5.48. The molecule has 0 bridgehead atoms. The van der Waals surface area contributed by atoms with Gasteiger partial charge in [0.25, 0.3) is 0 Å².